The minimum absolute atomic E-state index is 0.108. The zero-order valence-electron chi connectivity index (χ0n) is 16.8. The van der Waals surface area contributed by atoms with E-state index < -0.39 is 6.04 Å². The van der Waals surface area contributed by atoms with Crippen LogP contribution in [0.3, 0.4) is 0 Å². The summed E-state index contributed by atoms with van der Waals surface area (Å²) in [5.41, 5.74) is 10.2. The van der Waals surface area contributed by atoms with Gasteiger partial charge in [-0.05, 0) is 28.7 Å². The smallest absolute Gasteiger partial charge is 0.307 e. The van der Waals surface area contributed by atoms with Crippen LogP contribution >= 0.6 is 0 Å². The van der Waals surface area contributed by atoms with E-state index >= 15 is 0 Å². The third-order valence-corrected chi connectivity index (χ3v) is 4.72. The lowest BCUT2D eigenvalue weighted by Crippen LogP contribution is -2.42. The Bertz CT molecular complexity index is 941. The highest BCUT2D eigenvalue weighted by atomic mass is 16.5. The predicted molar refractivity (Wildman–Crippen MR) is 117 cm³/mol. The summed E-state index contributed by atoms with van der Waals surface area (Å²) in [5, 5.41) is 2.70. The number of rotatable bonds is 9. The summed E-state index contributed by atoms with van der Waals surface area (Å²) in [6.45, 7) is 0.430. The van der Waals surface area contributed by atoms with Crippen LogP contribution in [-0.4, -0.2) is 24.5 Å². The molecule has 30 heavy (non-hydrogen) atoms. The molecule has 0 bridgehead atoms. The Labute approximate surface area is 176 Å². The molecule has 1 atom stereocenters. The van der Waals surface area contributed by atoms with Crippen molar-refractivity contribution in [1.82, 2.24) is 5.32 Å². The first-order valence-corrected chi connectivity index (χ1v) is 9.99. The van der Waals surface area contributed by atoms with E-state index in [2.05, 4.69) is 17.4 Å². The van der Waals surface area contributed by atoms with Gasteiger partial charge in [0.2, 0.25) is 5.91 Å². The first-order chi connectivity index (χ1) is 14.6. The third-order valence-electron chi connectivity index (χ3n) is 4.72. The Morgan fingerprint density at radius 3 is 2.07 bits per heavy atom. The van der Waals surface area contributed by atoms with Crippen LogP contribution in [0.4, 0.5) is 0 Å². The second-order valence-corrected chi connectivity index (χ2v) is 7.06. The average molecular weight is 402 g/mol. The Kier molecular flexibility index (Phi) is 7.75. The molecule has 3 rings (SSSR count). The Morgan fingerprint density at radius 2 is 1.40 bits per heavy atom. The molecule has 0 aliphatic carbocycles. The van der Waals surface area contributed by atoms with Crippen LogP contribution in [0, 0.1) is 0 Å². The highest BCUT2D eigenvalue weighted by Crippen LogP contribution is 2.19. The highest BCUT2D eigenvalue weighted by Gasteiger charge is 2.14. The molecule has 0 saturated heterocycles. The van der Waals surface area contributed by atoms with Gasteiger partial charge in [-0.15, -0.1) is 0 Å². The van der Waals surface area contributed by atoms with Crippen LogP contribution in [0.2, 0.25) is 0 Å². The van der Waals surface area contributed by atoms with Gasteiger partial charge in [-0.1, -0.05) is 84.9 Å². The summed E-state index contributed by atoms with van der Waals surface area (Å²) < 4.78 is 5.19. The Morgan fingerprint density at radius 1 is 0.800 bits per heavy atom. The van der Waals surface area contributed by atoms with Crippen molar-refractivity contribution in [2.75, 3.05) is 6.54 Å². The molecule has 3 aromatic carbocycles. The fraction of sp³-hybridized carbons (Fsp3) is 0.200. The zero-order valence-corrected chi connectivity index (χ0v) is 16.8. The van der Waals surface area contributed by atoms with Crippen LogP contribution in [0.1, 0.15) is 17.5 Å². The first-order valence-electron chi connectivity index (χ1n) is 9.99. The summed E-state index contributed by atoms with van der Waals surface area (Å²) in [7, 11) is 0. The molecule has 0 unspecified atom stereocenters. The number of amides is 1. The molecule has 5 heteroatoms. The SMILES string of the molecule is N[C@@H](Cc1ccc(-c2ccccc2)cc1)C(=O)NCCC(=O)OCc1ccccc1. The molecule has 1 amide bonds. The van der Waals surface area contributed by atoms with Crippen molar-refractivity contribution in [2.45, 2.75) is 25.5 Å². The van der Waals surface area contributed by atoms with E-state index in [-0.39, 0.29) is 31.4 Å². The maximum absolute atomic E-state index is 12.2. The van der Waals surface area contributed by atoms with Gasteiger partial charge in [0.1, 0.15) is 6.61 Å². The van der Waals surface area contributed by atoms with Crippen molar-refractivity contribution < 1.29 is 14.3 Å². The van der Waals surface area contributed by atoms with E-state index in [9.17, 15) is 9.59 Å². The molecule has 0 saturated carbocycles. The van der Waals surface area contributed by atoms with E-state index in [0.717, 1.165) is 22.3 Å². The minimum Gasteiger partial charge on any atom is -0.461 e. The summed E-state index contributed by atoms with van der Waals surface area (Å²) in [6.07, 6.45) is 0.538. The molecular formula is C25H26N2O3. The van der Waals surface area contributed by atoms with Gasteiger partial charge in [-0.2, -0.15) is 0 Å². The van der Waals surface area contributed by atoms with Gasteiger partial charge in [0.25, 0.3) is 0 Å². The van der Waals surface area contributed by atoms with Crippen LogP contribution in [0.15, 0.2) is 84.9 Å². The number of ether oxygens (including phenoxy) is 1. The molecule has 0 heterocycles. The Hall–Kier alpha value is -3.44. The number of hydrogen-bond donors (Lipinski definition) is 2. The first kappa shape index (κ1) is 21.3. The molecule has 0 aliphatic rings. The lowest BCUT2D eigenvalue weighted by atomic mass is 10.0. The third kappa shape index (κ3) is 6.57. The molecule has 0 radical (unpaired) electrons. The Balaban J connectivity index is 1.38. The van der Waals surface area contributed by atoms with Gasteiger partial charge in [-0.25, -0.2) is 0 Å². The fourth-order valence-electron chi connectivity index (χ4n) is 3.04. The molecule has 0 spiro atoms. The van der Waals surface area contributed by atoms with E-state index in [1.165, 1.54) is 0 Å². The number of nitrogens with one attached hydrogen (secondary N) is 1. The van der Waals surface area contributed by atoms with Gasteiger partial charge in [0.15, 0.2) is 0 Å². The van der Waals surface area contributed by atoms with Crippen LogP contribution < -0.4 is 11.1 Å². The summed E-state index contributed by atoms with van der Waals surface area (Å²) in [5.74, 6) is -0.637. The molecule has 3 N–H and O–H groups in total. The van der Waals surface area contributed by atoms with Crippen molar-refractivity contribution in [2.24, 2.45) is 5.73 Å². The maximum atomic E-state index is 12.2. The predicted octanol–water partition coefficient (Wildman–Crippen LogP) is 3.47. The number of nitrogens with two attached hydrogens (primary N) is 1. The van der Waals surface area contributed by atoms with Gasteiger partial charge in [0.05, 0.1) is 12.5 Å². The molecule has 0 aliphatic heterocycles. The maximum Gasteiger partial charge on any atom is 0.307 e. The van der Waals surface area contributed by atoms with Crippen molar-refractivity contribution >= 4 is 11.9 Å². The van der Waals surface area contributed by atoms with E-state index in [1.807, 2.05) is 72.8 Å². The van der Waals surface area contributed by atoms with E-state index in [4.69, 9.17) is 10.5 Å². The number of benzene rings is 3. The quantitative estimate of drug-likeness (QED) is 0.537. The summed E-state index contributed by atoms with van der Waals surface area (Å²) >= 11 is 0. The van der Waals surface area contributed by atoms with Crippen molar-refractivity contribution in [3.05, 3.63) is 96.1 Å². The summed E-state index contributed by atoms with van der Waals surface area (Å²) in [6, 6.07) is 26.9. The largest absolute Gasteiger partial charge is 0.461 e. The number of carbonyl (C=O) groups excluding carboxylic acids is 2. The lowest BCUT2D eigenvalue weighted by Gasteiger charge is -2.13. The molecule has 3 aromatic rings. The van der Waals surface area contributed by atoms with Crippen LogP contribution in [0.5, 0.6) is 0 Å². The molecule has 154 valence electrons. The highest BCUT2D eigenvalue weighted by molar-refractivity contribution is 5.82. The molecule has 0 aromatic heterocycles. The minimum atomic E-state index is -0.673. The molecule has 5 nitrogen and oxygen atoms in total. The number of carbonyl (C=O) groups is 2. The van der Waals surface area contributed by atoms with E-state index in [0.29, 0.717) is 6.42 Å². The molecule has 0 fully saturated rings. The standard InChI is InChI=1S/C25H26N2O3/c26-23(17-19-11-13-22(14-12-19)21-9-5-2-6-10-21)25(29)27-16-15-24(28)30-18-20-7-3-1-4-8-20/h1-14,23H,15-18,26H2,(H,27,29)/t23-/m0/s1. The monoisotopic (exact) mass is 402 g/mol. The number of esters is 1. The van der Waals surface area contributed by atoms with Crippen molar-refractivity contribution in [3.63, 3.8) is 0 Å². The fourth-order valence-corrected chi connectivity index (χ4v) is 3.04. The average Bonchev–Trinajstić information content (AvgIpc) is 2.79. The number of hydrogen-bond acceptors (Lipinski definition) is 4. The second-order valence-electron chi connectivity index (χ2n) is 7.06. The van der Waals surface area contributed by atoms with E-state index in [1.54, 1.807) is 0 Å². The summed E-state index contributed by atoms with van der Waals surface area (Å²) in [4.78, 5) is 24.0. The normalized spacial score (nSPS) is 11.5. The van der Waals surface area contributed by atoms with Crippen LogP contribution in [-0.2, 0) is 27.4 Å². The zero-order chi connectivity index (χ0) is 21.2. The second kappa shape index (κ2) is 10.9. The topological polar surface area (TPSA) is 81.4 Å². The molecular weight excluding hydrogens is 376 g/mol. The van der Waals surface area contributed by atoms with Crippen molar-refractivity contribution in [1.29, 1.82) is 0 Å². The van der Waals surface area contributed by atoms with Gasteiger partial charge in [-0.3, -0.25) is 9.59 Å². The van der Waals surface area contributed by atoms with Gasteiger partial charge >= 0.3 is 5.97 Å². The van der Waals surface area contributed by atoms with Gasteiger partial charge < -0.3 is 15.8 Å². The lowest BCUT2D eigenvalue weighted by molar-refractivity contribution is -0.144. The van der Waals surface area contributed by atoms with Crippen molar-refractivity contribution in [3.8, 4) is 11.1 Å². The van der Waals surface area contributed by atoms with Crippen LogP contribution in [0.25, 0.3) is 11.1 Å². The van der Waals surface area contributed by atoms with Gasteiger partial charge in [0, 0.05) is 6.54 Å².